The zero-order valence-corrected chi connectivity index (χ0v) is 13.4. The number of nitrogens with zero attached hydrogens (tertiary/aromatic N) is 3. The molecule has 0 spiro atoms. The van der Waals surface area contributed by atoms with Crippen LogP contribution in [0.3, 0.4) is 0 Å². The van der Waals surface area contributed by atoms with Crippen LogP contribution in [0.4, 0.5) is 4.39 Å². The largest absolute Gasteiger partial charge is 0.311 e. The van der Waals surface area contributed by atoms with E-state index in [1.807, 2.05) is 13.1 Å². The molecule has 0 aliphatic heterocycles. The second-order valence-electron chi connectivity index (χ2n) is 5.23. The minimum atomic E-state index is -0.273. The molecule has 108 valence electrons. The summed E-state index contributed by atoms with van der Waals surface area (Å²) in [6.07, 6.45) is 1.86. The Hall–Kier alpha value is -1.27. The maximum Gasteiger partial charge on any atom is 0.137 e. The highest BCUT2D eigenvalue weighted by atomic mass is 79.9. The van der Waals surface area contributed by atoms with Gasteiger partial charge in [-0.05, 0) is 53.0 Å². The smallest absolute Gasteiger partial charge is 0.137 e. The Morgan fingerprint density at radius 2 is 2.15 bits per heavy atom. The molecule has 1 N–H and O–H groups in total. The lowest BCUT2D eigenvalue weighted by Gasteiger charge is -2.06. The Balaban J connectivity index is 2.14. The van der Waals surface area contributed by atoms with Crippen LogP contribution in [-0.4, -0.2) is 21.5 Å². The summed E-state index contributed by atoms with van der Waals surface area (Å²) in [4.78, 5) is 0. The van der Waals surface area contributed by atoms with E-state index in [0.29, 0.717) is 16.9 Å². The summed E-state index contributed by atoms with van der Waals surface area (Å²) in [7, 11) is 0. The molecule has 0 atom stereocenters. The number of halogens is 2. The average molecular weight is 341 g/mol. The number of aryl methyl sites for hydroxylation is 1. The summed E-state index contributed by atoms with van der Waals surface area (Å²) in [5, 5.41) is 11.5. The molecule has 20 heavy (non-hydrogen) atoms. The molecule has 2 aromatic rings. The molecule has 0 fully saturated rings. The second-order valence-corrected chi connectivity index (χ2v) is 6.09. The summed E-state index contributed by atoms with van der Waals surface area (Å²) in [6.45, 7) is 7.78. The molecule has 6 heteroatoms. The van der Waals surface area contributed by atoms with Gasteiger partial charge in [-0.3, -0.25) is 0 Å². The number of hydrogen-bond acceptors (Lipinski definition) is 3. The molecule has 0 aliphatic rings. The van der Waals surface area contributed by atoms with Gasteiger partial charge in [0.2, 0.25) is 0 Å². The zero-order valence-electron chi connectivity index (χ0n) is 11.8. The highest BCUT2D eigenvalue weighted by Crippen LogP contribution is 2.22. The van der Waals surface area contributed by atoms with E-state index in [4.69, 9.17) is 0 Å². The minimum absolute atomic E-state index is 0.273. The van der Waals surface area contributed by atoms with Crippen LogP contribution >= 0.6 is 15.9 Å². The Bertz CT molecular complexity index is 595. The van der Waals surface area contributed by atoms with Gasteiger partial charge in [0.1, 0.15) is 5.82 Å². The van der Waals surface area contributed by atoms with Gasteiger partial charge in [-0.15, -0.1) is 5.10 Å². The van der Waals surface area contributed by atoms with E-state index in [9.17, 15) is 4.39 Å². The topological polar surface area (TPSA) is 42.7 Å². The SMILES string of the molecule is Cc1cc(F)c(Br)cc1-n1cc(CNCC(C)C)nn1. The van der Waals surface area contributed by atoms with Crippen LogP contribution in [0.5, 0.6) is 0 Å². The molecular formula is C14H18BrFN4. The first-order valence-electron chi connectivity index (χ1n) is 6.55. The number of benzene rings is 1. The summed E-state index contributed by atoms with van der Waals surface area (Å²) in [6, 6.07) is 3.20. The predicted molar refractivity (Wildman–Crippen MR) is 80.3 cm³/mol. The van der Waals surface area contributed by atoms with Crippen LogP contribution in [0.1, 0.15) is 25.1 Å². The van der Waals surface area contributed by atoms with Gasteiger partial charge in [0.25, 0.3) is 0 Å². The normalized spacial score (nSPS) is 11.3. The van der Waals surface area contributed by atoms with Gasteiger partial charge in [0.15, 0.2) is 0 Å². The monoisotopic (exact) mass is 340 g/mol. The highest BCUT2D eigenvalue weighted by molar-refractivity contribution is 9.10. The third-order valence-electron chi connectivity index (χ3n) is 2.89. The van der Waals surface area contributed by atoms with E-state index in [1.165, 1.54) is 6.07 Å². The van der Waals surface area contributed by atoms with Gasteiger partial charge in [0.05, 0.1) is 22.1 Å². The molecule has 1 aromatic carbocycles. The molecule has 0 saturated carbocycles. The fraction of sp³-hybridized carbons (Fsp3) is 0.429. The second kappa shape index (κ2) is 6.45. The van der Waals surface area contributed by atoms with Crippen LogP contribution in [0.25, 0.3) is 5.69 Å². The van der Waals surface area contributed by atoms with Crippen molar-refractivity contribution in [3.05, 3.63) is 39.9 Å². The fourth-order valence-electron chi connectivity index (χ4n) is 1.87. The maximum atomic E-state index is 13.4. The van der Waals surface area contributed by atoms with Crippen molar-refractivity contribution in [3.8, 4) is 5.69 Å². The number of rotatable bonds is 5. The highest BCUT2D eigenvalue weighted by Gasteiger charge is 2.09. The Morgan fingerprint density at radius 3 is 2.85 bits per heavy atom. The van der Waals surface area contributed by atoms with Crippen molar-refractivity contribution >= 4 is 15.9 Å². The van der Waals surface area contributed by atoms with E-state index in [-0.39, 0.29) is 5.82 Å². The van der Waals surface area contributed by atoms with Gasteiger partial charge in [-0.1, -0.05) is 19.1 Å². The van der Waals surface area contributed by atoms with Gasteiger partial charge < -0.3 is 5.32 Å². The van der Waals surface area contributed by atoms with E-state index >= 15 is 0 Å². The molecule has 4 nitrogen and oxygen atoms in total. The molecule has 0 bridgehead atoms. The first-order chi connectivity index (χ1) is 9.47. The maximum absolute atomic E-state index is 13.4. The van der Waals surface area contributed by atoms with Gasteiger partial charge >= 0.3 is 0 Å². The van der Waals surface area contributed by atoms with Crippen molar-refractivity contribution in [1.82, 2.24) is 20.3 Å². The van der Waals surface area contributed by atoms with Crippen LogP contribution in [-0.2, 0) is 6.54 Å². The molecule has 0 radical (unpaired) electrons. The molecule has 0 amide bonds. The van der Waals surface area contributed by atoms with Crippen LogP contribution in [0, 0.1) is 18.7 Å². The molecular weight excluding hydrogens is 323 g/mol. The third-order valence-corrected chi connectivity index (χ3v) is 3.49. The Morgan fingerprint density at radius 1 is 1.40 bits per heavy atom. The first kappa shape index (κ1) is 15.1. The van der Waals surface area contributed by atoms with Gasteiger partial charge in [0, 0.05) is 6.54 Å². The van der Waals surface area contributed by atoms with Crippen molar-refractivity contribution in [1.29, 1.82) is 0 Å². The van der Waals surface area contributed by atoms with E-state index in [2.05, 4.69) is 45.4 Å². The van der Waals surface area contributed by atoms with Crippen LogP contribution in [0.15, 0.2) is 22.8 Å². The Labute approximate surface area is 126 Å². The summed E-state index contributed by atoms with van der Waals surface area (Å²) >= 11 is 3.19. The molecule has 1 heterocycles. The third kappa shape index (κ3) is 3.64. The van der Waals surface area contributed by atoms with Crippen molar-refractivity contribution < 1.29 is 4.39 Å². The van der Waals surface area contributed by atoms with Crippen molar-refractivity contribution in [2.45, 2.75) is 27.3 Å². The number of nitrogens with one attached hydrogen (secondary N) is 1. The molecule has 0 unspecified atom stereocenters. The fourth-order valence-corrected chi connectivity index (χ4v) is 2.20. The lowest BCUT2D eigenvalue weighted by molar-refractivity contribution is 0.548. The van der Waals surface area contributed by atoms with Crippen molar-refractivity contribution in [2.75, 3.05) is 6.54 Å². The molecule has 2 rings (SSSR count). The Kier molecular flexibility index (Phi) is 4.88. The van der Waals surface area contributed by atoms with E-state index in [0.717, 1.165) is 23.5 Å². The summed E-state index contributed by atoms with van der Waals surface area (Å²) < 4.78 is 15.5. The number of aromatic nitrogens is 3. The van der Waals surface area contributed by atoms with Crippen molar-refractivity contribution in [3.63, 3.8) is 0 Å². The first-order valence-corrected chi connectivity index (χ1v) is 7.34. The summed E-state index contributed by atoms with van der Waals surface area (Å²) in [5.41, 5.74) is 2.50. The predicted octanol–water partition coefficient (Wildman–Crippen LogP) is 3.22. The lowest BCUT2D eigenvalue weighted by atomic mass is 10.2. The van der Waals surface area contributed by atoms with Crippen LogP contribution in [0.2, 0.25) is 0 Å². The minimum Gasteiger partial charge on any atom is -0.311 e. The quantitative estimate of drug-likeness (QED) is 0.908. The average Bonchev–Trinajstić information content (AvgIpc) is 2.82. The van der Waals surface area contributed by atoms with Crippen molar-refractivity contribution in [2.24, 2.45) is 5.92 Å². The summed E-state index contributed by atoms with van der Waals surface area (Å²) in [5.74, 6) is 0.325. The molecule has 0 aliphatic carbocycles. The standard InChI is InChI=1S/C14H18BrFN4/c1-9(2)6-17-7-11-8-20(19-18-11)14-5-12(15)13(16)4-10(14)3/h4-5,8-9,17H,6-7H2,1-3H3. The van der Waals surface area contributed by atoms with Gasteiger partial charge in [-0.25, -0.2) is 9.07 Å². The van der Waals surface area contributed by atoms with E-state index < -0.39 is 0 Å². The van der Waals surface area contributed by atoms with E-state index in [1.54, 1.807) is 10.7 Å². The lowest BCUT2D eigenvalue weighted by Crippen LogP contribution is -2.19. The van der Waals surface area contributed by atoms with Crippen LogP contribution < -0.4 is 5.32 Å². The molecule has 1 aromatic heterocycles. The number of hydrogen-bond donors (Lipinski definition) is 1. The van der Waals surface area contributed by atoms with Gasteiger partial charge in [-0.2, -0.15) is 0 Å². The zero-order chi connectivity index (χ0) is 14.7. The molecule has 0 saturated heterocycles.